The Kier molecular flexibility index (Phi) is 9.28. The third-order valence-electron chi connectivity index (χ3n) is 3.35. The van der Waals surface area contributed by atoms with Crippen LogP contribution in [0.1, 0.15) is 0 Å². The van der Waals surface area contributed by atoms with Gasteiger partial charge in [0.1, 0.15) is 10.7 Å². The maximum Gasteiger partial charge on any atom is 0.424 e. The van der Waals surface area contributed by atoms with Crippen molar-refractivity contribution >= 4 is 48.4 Å². The van der Waals surface area contributed by atoms with Crippen LogP contribution in [-0.4, -0.2) is 54.0 Å². The molecular formula is C16H14BrClF3N3O4S. The molecule has 0 spiro atoms. The average molecular weight is 517 g/mol. The Balaban J connectivity index is 3.10. The summed E-state index contributed by atoms with van der Waals surface area (Å²) >= 11 is 8.72. The molecule has 0 saturated heterocycles. The quantitative estimate of drug-likeness (QED) is 0.164. The summed E-state index contributed by atoms with van der Waals surface area (Å²) in [5.41, 5.74) is -1.93. The molecular weight excluding hydrogens is 503 g/mol. The Morgan fingerprint density at radius 1 is 1.38 bits per heavy atom. The van der Waals surface area contributed by atoms with Crippen LogP contribution in [0.15, 0.2) is 45.8 Å². The zero-order valence-corrected chi connectivity index (χ0v) is 17.7. The topological polar surface area (TPSA) is 92.9 Å². The van der Waals surface area contributed by atoms with Crippen LogP contribution in [0.4, 0.5) is 18.9 Å². The summed E-state index contributed by atoms with van der Waals surface area (Å²) in [4.78, 5) is 13.5. The van der Waals surface area contributed by atoms with Crippen molar-refractivity contribution in [2.75, 3.05) is 25.0 Å². The lowest BCUT2D eigenvalue weighted by molar-refractivity contribution is -0.387. The molecule has 1 rings (SSSR count). The summed E-state index contributed by atoms with van der Waals surface area (Å²) in [6.07, 6.45) is 0.460. The molecule has 0 radical (unpaired) electrons. The van der Waals surface area contributed by atoms with Gasteiger partial charge in [0, 0.05) is 24.5 Å². The summed E-state index contributed by atoms with van der Waals surface area (Å²) in [5.74, 6) is 1.45. The van der Waals surface area contributed by atoms with Crippen LogP contribution in [0.2, 0.25) is 0 Å². The first kappa shape index (κ1) is 25.1. The Hall–Kier alpha value is -1.94. The Bertz CT molecular complexity index is 959. The molecule has 29 heavy (non-hydrogen) atoms. The van der Waals surface area contributed by atoms with E-state index in [0.717, 1.165) is 16.4 Å². The predicted octanol–water partition coefficient (Wildman–Crippen LogP) is 3.74. The van der Waals surface area contributed by atoms with Crippen molar-refractivity contribution in [2.45, 2.75) is 11.1 Å². The largest absolute Gasteiger partial charge is 0.424 e. The zero-order chi connectivity index (χ0) is 22.2. The van der Waals surface area contributed by atoms with E-state index in [1.807, 2.05) is 0 Å². The lowest BCUT2D eigenvalue weighted by atomic mass is 10.2. The number of hydrogen-bond donors (Lipinski definition) is 0. The highest BCUT2D eigenvalue weighted by atomic mass is 79.9. The number of hydrogen-bond acceptors (Lipinski definition) is 5. The molecule has 1 aromatic carbocycles. The number of terminal acetylenes is 1. The second-order valence-electron chi connectivity index (χ2n) is 5.22. The van der Waals surface area contributed by atoms with E-state index in [0.29, 0.717) is 6.08 Å². The third kappa shape index (κ3) is 7.11. The highest BCUT2D eigenvalue weighted by Gasteiger charge is 2.33. The fourth-order valence-corrected chi connectivity index (χ4v) is 4.50. The molecule has 1 aromatic rings. The molecule has 0 bridgehead atoms. The maximum atomic E-state index is 12.8. The van der Waals surface area contributed by atoms with E-state index in [2.05, 4.69) is 20.9 Å². The van der Waals surface area contributed by atoms with Gasteiger partial charge in [-0.1, -0.05) is 45.6 Å². The molecule has 0 amide bonds. The van der Waals surface area contributed by atoms with Gasteiger partial charge in [-0.05, 0) is 12.1 Å². The van der Waals surface area contributed by atoms with Gasteiger partial charge in [-0.15, -0.1) is 6.42 Å². The zero-order valence-electron chi connectivity index (χ0n) is 14.6. The smallest absolute Gasteiger partial charge is 0.272 e. The van der Waals surface area contributed by atoms with E-state index in [1.165, 1.54) is 18.1 Å². The first-order valence-corrected chi connectivity index (χ1v) is 10.6. The van der Waals surface area contributed by atoms with Gasteiger partial charge < -0.3 is 0 Å². The van der Waals surface area contributed by atoms with Crippen molar-refractivity contribution in [3.8, 4) is 12.3 Å². The lowest BCUT2D eigenvalue weighted by Crippen LogP contribution is -2.35. The molecule has 0 heterocycles. The number of nitrogens with zero attached hydrogens (tertiary/aromatic N) is 3. The molecule has 0 aliphatic heterocycles. The number of aliphatic imine (C=N–C) groups is 1. The molecule has 13 heteroatoms. The van der Waals surface area contributed by atoms with Crippen LogP contribution >= 0.6 is 27.5 Å². The summed E-state index contributed by atoms with van der Waals surface area (Å²) in [6.45, 7) is -0.630. The monoisotopic (exact) mass is 515 g/mol. The van der Waals surface area contributed by atoms with Gasteiger partial charge in [0.2, 0.25) is 10.0 Å². The highest BCUT2D eigenvalue weighted by molar-refractivity contribution is 9.09. The number of halogens is 5. The van der Waals surface area contributed by atoms with Gasteiger partial charge in [-0.25, -0.2) is 8.42 Å². The average Bonchev–Trinajstić information content (AvgIpc) is 2.64. The van der Waals surface area contributed by atoms with Gasteiger partial charge in [-0.3, -0.25) is 15.1 Å². The van der Waals surface area contributed by atoms with Crippen molar-refractivity contribution in [2.24, 2.45) is 4.99 Å². The number of benzene rings is 1. The van der Waals surface area contributed by atoms with E-state index < -0.39 is 42.4 Å². The molecule has 0 unspecified atom stereocenters. The van der Waals surface area contributed by atoms with E-state index in [4.69, 9.17) is 18.0 Å². The lowest BCUT2D eigenvalue weighted by Gasteiger charge is -2.20. The summed E-state index contributed by atoms with van der Waals surface area (Å²) in [6, 6.07) is 4.81. The predicted molar refractivity (Wildman–Crippen MR) is 107 cm³/mol. The van der Waals surface area contributed by atoms with E-state index in [-0.39, 0.29) is 25.0 Å². The van der Waals surface area contributed by atoms with Crippen LogP contribution in [-0.2, 0) is 10.0 Å². The normalized spacial score (nSPS) is 13.4. The second kappa shape index (κ2) is 10.7. The van der Waals surface area contributed by atoms with Crippen molar-refractivity contribution < 1.29 is 26.5 Å². The SMILES string of the molecule is C#C/C(=C\C(Cl)=NCCN(CCBr)S(=O)(=O)c1ccccc1[N+](=O)[O-])C(F)(F)F. The first-order valence-electron chi connectivity index (χ1n) is 7.70. The van der Waals surface area contributed by atoms with Gasteiger partial charge in [0.05, 0.1) is 11.5 Å². The fraction of sp³-hybridized carbons (Fsp3) is 0.312. The van der Waals surface area contributed by atoms with Crippen molar-refractivity contribution in [3.05, 3.63) is 46.0 Å². The molecule has 0 saturated carbocycles. The second-order valence-corrected chi connectivity index (χ2v) is 8.31. The minimum atomic E-state index is -4.78. The van der Waals surface area contributed by atoms with Gasteiger partial charge in [-0.2, -0.15) is 17.5 Å². The van der Waals surface area contributed by atoms with Gasteiger partial charge >= 0.3 is 6.18 Å². The highest BCUT2D eigenvalue weighted by Crippen LogP contribution is 2.27. The molecule has 0 aliphatic carbocycles. The minimum Gasteiger partial charge on any atom is -0.272 e. The Labute approximate surface area is 178 Å². The standard InChI is InChI=1S/C16H14BrClF3N3O4S/c1-2-12(16(19,20)21)11-15(18)22-8-10-23(9-7-17)29(27,28)14-6-4-3-5-13(14)24(25)26/h1,3-6,11H,7-10H2/b12-11+,22-15?. The van der Waals surface area contributed by atoms with Crippen LogP contribution in [0.5, 0.6) is 0 Å². The fourth-order valence-electron chi connectivity index (χ4n) is 2.05. The van der Waals surface area contributed by atoms with Crippen LogP contribution in [0, 0.1) is 22.5 Å². The number of allylic oxidation sites excluding steroid dienone is 2. The van der Waals surface area contributed by atoms with Gasteiger partial charge in [0.25, 0.3) is 5.69 Å². The third-order valence-corrected chi connectivity index (χ3v) is 5.88. The number of nitro benzene ring substituents is 1. The number of alkyl halides is 4. The van der Waals surface area contributed by atoms with Gasteiger partial charge in [0.15, 0.2) is 4.90 Å². The Morgan fingerprint density at radius 3 is 2.52 bits per heavy atom. The van der Waals surface area contributed by atoms with E-state index >= 15 is 0 Å². The van der Waals surface area contributed by atoms with Crippen LogP contribution in [0.3, 0.4) is 0 Å². The van der Waals surface area contributed by atoms with E-state index in [9.17, 15) is 31.7 Å². The van der Waals surface area contributed by atoms with Crippen molar-refractivity contribution in [3.63, 3.8) is 0 Å². The van der Waals surface area contributed by atoms with Crippen LogP contribution < -0.4 is 0 Å². The van der Waals surface area contributed by atoms with Crippen molar-refractivity contribution in [1.29, 1.82) is 0 Å². The minimum absolute atomic E-state index is 0.0600. The summed E-state index contributed by atoms with van der Waals surface area (Å²) < 4.78 is 64.4. The molecule has 0 atom stereocenters. The molecule has 0 fully saturated rings. The molecule has 0 N–H and O–H groups in total. The summed E-state index contributed by atoms with van der Waals surface area (Å²) in [5, 5.41) is 10.8. The number of rotatable bonds is 9. The first-order chi connectivity index (χ1) is 13.4. The van der Waals surface area contributed by atoms with E-state index in [1.54, 1.807) is 0 Å². The molecule has 158 valence electrons. The number of nitro groups is 1. The molecule has 0 aliphatic rings. The number of sulfonamides is 1. The Morgan fingerprint density at radius 2 is 2.00 bits per heavy atom. The molecule has 7 nitrogen and oxygen atoms in total. The van der Waals surface area contributed by atoms with Crippen molar-refractivity contribution in [1.82, 2.24) is 4.31 Å². The maximum absolute atomic E-state index is 12.8. The number of para-hydroxylation sites is 1. The van der Waals surface area contributed by atoms with Crippen LogP contribution in [0.25, 0.3) is 0 Å². The molecule has 0 aromatic heterocycles. The summed E-state index contributed by atoms with van der Waals surface area (Å²) in [7, 11) is -4.27.